The molecule has 3 atom stereocenters. The van der Waals surface area contributed by atoms with Gasteiger partial charge in [-0.2, -0.15) is 0 Å². The Hall–Kier alpha value is -2.37. The Kier molecular flexibility index (Phi) is 4.41. The summed E-state index contributed by atoms with van der Waals surface area (Å²) < 4.78 is 18.2. The Bertz CT molecular complexity index is 908. The number of aliphatic carboxylic acids is 1. The van der Waals surface area contributed by atoms with Crippen LogP contribution in [0.4, 0.5) is 0 Å². The molecular formula is C24H26O5. The van der Waals surface area contributed by atoms with E-state index in [1.165, 1.54) is 0 Å². The molecule has 29 heavy (non-hydrogen) atoms. The number of benzene rings is 2. The molecule has 1 saturated heterocycles. The van der Waals surface area contributed by atoms with E-state index in [9.17, 15) is 4.79 Å². The minimum Gasteiger partial charge on any atom is -0.480 e. The quantitative estimate of drug-likeness (QED) is 0.654. The summed E-state index contributed by atoms with van der Waals surface area (Å²) in [6.07, 6.45) is 5.26. The van der Waals surface area contributed by atoms with Crippen molar-refractivity contribution in [1.29, 1.82) is 0 Å². The molecule has 1 N–H and O–H groups in total. The van der Waals surface area contributed by atoms with E-state index in [1.54, 1.807) is 0 Å². The number of rotatable bonds is 8. The van der Waals surface area contributed by atoms with Crippen molar-refractivity contribution in [3.05, 3.63) is 60.2 Å². The predicted octanol–water partition coefficient (Wildman–Crippen LogP) is 4.76. The van der Waals surface area contributed by atoms with Gasteiger partial charge in [0.15, 0.2) is 0 Å². The summed E-state index contributed by atoms with van der Waals surface area (Å²) in [6, 6.07) is 18.1. The highest BCUT2D eigenvalue weighted by molar-refractivity contribution is 5.68. The highest BCUT2D eigenvalue weighted by Gasteiger charge is 2.78. The first-order valence-corrected chi connectivity index (χ1v) is 10.4. The Morgan fingerprint density at radius 1 is 1.00 bits per heavy atom. The molecule has 2 aliphatic carbocycles. The van der Waals surface area contributed by atoms with Crippen LogP contribution in [0.3, 0.4) is 0 Å². The van der Waals surface area contributed by atoms with Gasteiger partial charge in [0, 0.05) is 23.0 Å². The minimum atomic E-state index is -0.918. The maximum atomic E-state index is 10.7. The van der Waals surface area contributed by atoms with Crippen molar-refractivity contribution in [2.45, 2.75) is 37.7 Å². The van der Waals surface area contributed by atoms with Crippen LogP contribution in [0.1, 0.15) is 37.7 Å². The lowest BCUT2D eigenvalue weighted by Gasteiger charge is -2.67. The van der Waals surface area contributed by atoms with Gasteiger partial charge < -0.3 is 19.3 Å². The predicted molar refractivity (Wildman–Crippen MR) is 107 cm³/mol. The molecule has 5 heteroatoms. The van der Waals surface area contributed by atoms with E-state index in [1.807, 2.05) is 42.5 Å². The third-order valence-corrected chi connectivity index (χ3v) is 7.56. The number of hydrogen-bond acceptors (Lipinski definition) is 4. The van der Waals surface area contributed by atoms with Crippen molar-refractivity contribution in [3.63, 3.8) is 0 Å². The van der Waals surface area contributed by atoms with Gasteiger partial charge in [-0.1, -0.05) is 36.4 Å². The topological polar surface area (TPSA) is 65.0 Å². The third-order valence-electron chi connectivity index (χ3n) is 7.56. The molecule has 5 rings (SSSR count). The molecule has 0 amide bonds. The lowest BCUT2D eigenvalue weighted by molar-refractivity contribution is -0.213. The van der Waals surface area contributed by atoms with E-state index in [4.69, 9.17) is 19.3 Å². The van der Waals surface area contributed by atoms with E-state index < -0.39 is 5.97 Å². The molecule has 3 unspecified atom stereocenters. The van der Waals surface area contributed by atoms with Crippen molar-refractivity contribution in [2.24, 2.45) is 10.8 Å². The summed E-state index contributed by atoms with van der Waals surface area (Å²) in [7, 11) is 0. The van der Waals surface area contributed by atoms with Gasteiger partial charge in [-0.05, 0) is 50.3 Å². The van der Waals surface area contributed by atoms with Crippen molar-refractivity contribution < 1.29 is 24.1 Å². The standard InChI is InChI=1S/C24H26O5/c25-21(26)16-27-15-14-22-10-11-23(22)12-13-24(23,28-17-22)19-8-4-5-9-20(19)29-18-6-2-1-3-7-18/h1-9H,10-17H2,(H,25,26). The van der Waals surface area contributed by atoms with E-state index in [0.29, 0.717) is 13.2 Å². The molecule has 5 nitrogen and oxygen atoms in total. The first-order valence-electron chi connectivity index (χ1n) is 10.4. The molecular weight excluding hydrogens is 368 g/mol. The Labute approximate surface area is 170 Å². The highest BCUT2D eigenvalue weighted by Crippen LogP contribution is 2.81. The smallest absolute Gasteiger partial charge is 0.329 e. The van der Waals surface area contributed by atoms with Crippen LogP contribution >= 0.6 is 0 Å². The lowest BCUT2D eigenvalue weighted by atomic mass is 9.36. The molecule has 1 aliphatic heterocycles. The number of carbonyl (C=O) groups is 1. The molecule has 3 fully saturated rings. The van der Waals surface area contributed by atoms with Crippen molar-refractivity contribution in [1.82, 2.24) is 0 Å². The zero-order valence-electron chi connectivity index (χ0n) is 16.4. The van der Waals surface area contributed by atoms with Crippen molar-refractivity contribution >= 4 is 5.97 Å². The molecule has 0 bridgehead atoms. The van der Waals surface area contributed by atoms with Gasteiger partial charge in [0.05, 0.1) is 6.61 Å². The van der Waals surface area contributed by atoms with Gasteiger partial charge in [-0.3, -0.25) is 0 Å². The maximum Gasteiger partial charge on any atom is 0.329 e. The van der Waals surface area contributed by atoms with E-state index >= 15 is 0 Å². The van der Waals surface area contributed by atoms with E-state index in [2.05, 4.69) is 12.1 Å². The number of hydrogen-bond donors (Lipinski definition) is 1. The average Bonchev–Trinajstić information content (AvgIpc) is 2.81. The fraction of sp³-hybridized carbons (Fsp3) is 0.458. The zero-order chi connectivity index (χ0) is 20.0. The molecule has 3 aliphatic rings. The second kappa shape index (κ2) is 6.85. The van der Waals surface area contributed by atoms with Crippen molar-refractivity contribution in [3.8, 4) is 11.5 Å². The number of ether oxygens (including phenoxy) is 3. The molecule has 2 aromatic rings. The fourth-order valence-electron chi connectivity index (χ4n) is 5.98. The molecule has 152 valence electrons. The van der Waals surface area contributed by atoms with Gasteiger partial charge in [-0.25, -0.2) is 4.79 Å². The molecule has 2 saturated carbocycles. The van der Waals surface area contributed by atoms with Crippen LogP contribution in [0, 0.1) is 10.8 Å². The minimum absolute atomic E-state index is 0.0869. The summed E-state index contributed by atoms with van der Waals surface area (Å²) in [5.74, 6) is 0.769. The van der Waals surface area contributed by atoms with Gasteiger partial charge in [0.2, 0.25) is 0 Å². The second-order valence-corrected chi connectivity index (χ2v) is 8.59. The molecule has 1 heterocycles. The van der Waals surface area contributed by atoms with E-state index in [0.717, 1.165) is 49.2 Å². The van der Waals surface area contributed by atoms with Gasteiger partial charge >= 0.3 is 5.97 Å². The summed E-state index contributed by atoms with van der Waals surface area (Å²) in [4.78, 5) is 10.7. The fourth-order valence-corrected chi connectivity index (χ4v) is 5.98. The van der Waals surface area contributed by atoms with Crippen LogP contribution in [0.25, 0.3) is 0 Å². The first-order chi connectivity index (χ1) is 14.1. The highest BCUT2D eigenvalue weighted by atomic mass is 16.5. The Balaban J connectivity index is 1.41. The second-order valence-electron chi connectivity index (χ2n) is 8.59. The van der Waals surface area contributed by atoms with Crippen LogP contribution in [0.15, 0.2) is 54.6 Å². The van der Waals surface area contributed by atoms with Crippen LogP contribution in [0.2, 0.25) is 0 Å². The molecule has 0 aromatic heterocycles. The molecule has 0 radical (unpaired) electrons. The van der Waals surface area contributed by atoms with Gasteiger partial charge in [0.25, 0.3) is 0 Å². The van der Waals surface area contributed by atoms with Gasteiger partial charge in [0.1, 0.15) is 23.7 Å². The normalized spacial score (nSPS) is 31.9. The third kappa shape index (κ3) is 2.64. The molecule has 2 aromatic carbocycles. The number of carboxylic acids is 1. The van der Waals surface area contributed by atoms with Crippen LogP contribution < -0.4 is 4.74 Å². The monoisotopic (exact) mass is 394 g/mol. The van der Waals surface area contributed by atoms with Crippen LogP contribution in [-0.2, 0) is 19.9 Å². The first kappa shape index (κ1) is 18.6. The summed E-state index contributed by atoms with van der Waals surface area (Å²) >= 11 is 0. The Morgan fingerprint density at radius 3 is 2.45 bits per heavy atom. The number of para-hydroxylation sites is 2. The maximum absolute atomic E-state index is 10.7. The van der Waals surface area contributed by atoms with E-state index in [-0.39, 0.29) is 23.0 Å². The summed E-state index contributed by atoms with van der Waals surface area (Å²) in [5.41, 5.74) is 1.04. The largest absolute Gasteiger partial charge is 0.480 e. The van der Waals surface area contributed by atoms with Crippen molar-refractivity contribution in [2.75, 3.05) is 19.8 Å². The zero-order valence-corrected chi connectivity index (χ0v) is 16.4. The molecule has 1 spiro atoms. The summed E-state index contributed by atoms with van der Waals surface area (Å²) in [5, 5.41) is 8.82. The van der Waals surface area contributed by atoms with Crippen LogP contribution in [-0.4, -0.2) is 30.9 Å². The number of carboxylic acid groups (broad SMARTS) is 1. The van der Waals surface area contributed by atoms with Crippen LogP contribution in [0.5, 0.6) is 11.5 Å². The summed E-state index contributed by atoms with van der Waals surface area (Å²) in [6.45, 7) is 0.946. The Morgan fingerprint density at radius 2 is 1.76 bits per heavy atom. The average molecular weight is 394 g/mol. The van der Waals surface area contributed by atoms with Gasteiger partial charge in [-0.15, -0.1) is 0 Å². The lowest BCUT2D eigenvalue weighted by Crippen LogP contribution is -2.64. The SMILES string of the molecule is O=C(O)COCCC12CCC13CCC3(c1ccccc1Oc1ccccc1)OC2.